The van der Waals surface area contributed by atoms with Gasteiger partial charge in [-0.1, -0.05) is 52.3 Å². The number of guanidine groups is 1. The summed E-state index contributed by atoms with van der Waals surface area (Å²) in [6.07, 6.45) is 5.91. The lowest BCUT2D eigenvalue weighted by molar-refractivity contribution is -0.138. The molecule has 0 aromatic heterocycles. The van der Waals surface area contributed by atoms with Gasteiger partial charge < -0.3 is 15.4 Å². The summed E-state index contributed by atoms with van der Waals surface area (Å²) < 4.78 is 47.3. The number of nitrogens with one attached hydrogen (secondary N) is 1. The van der Waals surface area contributed by atoms with Crippen molar-refractivity contribution >= 4 is 17.4 Å². The van der Waals surface area contributed by atoms with Crippen molar-refractivity contribution in [1.82, 2.24) is 4.90 Å². The maximum Gasteiger partial charge on any atom is 0.419 e. The number of hydrogen-bond acceptors (Lipinski definition) is 3. The highest BCUT2D eigenvalue weighted by atomic mass is 19.4. The summed E-state index contributed by atoms with van der Waals surface area (Å²) in [6, 6.07) is 4.02. The lowest BCUT2D eigenvalue weighted by atomic mass is 9.94. The van der Waals surface area contributed by atoms with Crippen LogP contribution in [0.4, 0.5) is 13.2 Å². The van der Waals surface area contributed by atoms with Gasteiger partial charge in [0.2, 0.25) is 0 Å². The molecule has 2 unspecified atom stereocenters. The number of halogens is 3. The highest BCUT2D eigenvalue weighted by molar-refractivity contribution is 5.98. The minimum atomic E-state index is -4.56. The molecule has 1 aliphatic rings. The third-order valence-electron chi connectivity index (χ3n) is 6.21. The second-order valence-corrected chi connectivity index (χ2v) is 8.86. The molecular weight excluding hydrogens is 453 g/mol. The maximum atomic E-state index is 13.9. The molecule has 35 heavy (non-hydrogen) atoms. The molecule has 2 rings (SSSR count). The summed E-state index contributed by atoms with van der Waals surface area (Å²) in [4.78, 5) is 6.77. The molecule has 0 spiro atoms. The van der Waals surface area contributed by atoms with Gasteiger partial charge in [-0.15, -0.1) is 0 Å². The van der Waals surface area contributed by atoms with Crippen molar-refractivity contribution in [2.75, 3.05) is 13.2 Å². The van der Waals surface area contributed by atoms with Gasteiger partial charge in [-0.25, -0.2) is 0 Å². The Morgan fingerprint density at radius 1 is 1.29 bits per heavy atom. The van der Waals surface area contributed by atoms with Crippen molar-refractivity contribution in [2.24, 2.45) is 16.6 Å². The fourth-order valence-corrected chi connectivity index (χ4v) is 4.17. The van der Waals surface area contributed by atoms with Crippen molar-refractivity contribution in [3.63, 3.8) is 0 Å². The molecule has 194 valence electrons. The Hall–Kier alpha value is -2.77. The zero-order valence-electron chi connectivity index (χ0n) is 21.3. The average molecular weight is 493 g/mol. The summed E-state index contributed by atoms with van der Waals surface area (Å²) in [5.74, 6) is -0.0962. The first-order valence-corrected chi connectivity index (χ1v) is 12.5. The van der Waals surface area contributed by atoms with E-state index in [-0.39, 0.29) is 30.3 Å². The Balaban J connectivity index is 2.49. The molecular formula is C27H39F3N4O. The number of likely N-dealkylation sites (tertiary alicyclic amines) is 1. The molecule has 0 aliphatic carbocycles. The first-order chi connectivity index (χ1) is 16.6. The second kappa shape index (κ2) is 13.4. The molecule has 1 heterocycles. The lowest BCUT2D eigenvalue weighted by Gasteiger charge is -2.29. The third kappa shape index (κ3) is 7.87. The number of allylic oxidation sites excluding steroid dienone is 2. The highest BCUT2D eigenvalue weighted by Gasteiger charge is 2.35. The van der Waals surface area contributed by atoms with E-state index < -0.39 is 11.7 Å². The van der Waals surface area contributed by atoms with Gasteiger partial charge in [0, 0.05) is 17.8 Å². The summed E-state index contributed by atoms with van der Waals surface area (Å²) in [5.41, 5.74) is 6.75. The normalized spacial score (nSPS) is 18.4. The number of nitrogens with zero attached hydrogens (tertiary/aromatic N) is 2. The van der Waals surface area contributed by atoms with Gasteiger partial charge in [-0.3, -0.25) is 10.4 Å². The van der Waals surface area contributed by atoms with Crippen LogP contribution >= 0.6 is 0 Å². The van der Waals surface area contributed by atoms with Crippen molar-refractivity contribution in [2.45, 2.75) is 78.4 Å². The first kappa shape index (κ1) is 28.5. The Kier molecular flexibility index (Phi) is 10.9. The molecule has 1 aromatic rings. The molecule has 1 aliphatic heterocycles. The molecule has 1 saturated heterocycles. The number of unbranched alkanes of at least 4 members (excludes halogenated alkanes) is 1. The number of rotatable bonds is 11. The first-order valence-electron chi connectivity index (χ1n) is 12.5. The van der Waals surface area contributed by atoms with Crippen LogP contribution in [-0.4, -0.2) is 35.8 Å². The SMILES string of the molecule is CC/C=C(\N=C(C(C)CC)C1CCCN1C(=N)N)c1ccc(OC/C=C/CCC)c(C(F)(F)F)c1. The molecule has 8 heteroatoms. The summed E-state index contributed by atoms with van der Waals surface area (Å²) >= 11 is 0. The molecule has 1 aromatic carbocycles. The van der Waals surface area contributed by atoms with E-state index in [4.69, 9.17) is 20.9 Å². The van der Waals surface area contributed by atoms with Gasteiger partial charge >= 0.3 is 6.18 Å². The fourth-order valence-electron chi connectivity index (χ4n) is 4.17. The van der Waals surface area contributed by atoms with Crippen LogP contribution in [0.5, 0.6) is 5.75 Å². The predicted molar refractivity (Wildman–Crippen MR) is 138 cm³/mol. The molecule has 0 radical (unpaired) electrons. The zero-order chi connectivity index (χ0) is 26.0. The van der Waals surface area contributed by atoms with Crippen LogP contribution in [-0.2, 0) is 6.18 Å². The fraction of sp³-hybridized carbons (Fsp3) is 0.556. The van der Waals surface area contributed by atoms with E-state index >= 15 is 0 Å². The molecule has 1 fully saturated rings. The summed E-state index contributed by atoms with van der Waals surface area (Å²) in [7, 11) is 0. The van der Waals surface area contributed by atoms with E-state index in [2.05, 4.69) is 13.8 Å². The monoisotopic (exact) mass is 492 g/mol. The van der Waals surface area contributed by atoms with E-state index in [0.717, 1.165) is 43.9 Å². The van der Waals surface area contributed by atoms with E-state index in [1.54, 1.807) is 12.1 Å². The van der Waals surface area contributed by atoms with Crippen molar-refractivity contribution in [3.05, 3.63) is 47.6 Å². The van der Waals surface area contributed by atoms with E-state index in [0.29, 0.717) is 24.2 Å². The zero-order valence-corrected chi connectivity index (χ0v) is 21.3. The van der Waals surface area contributed by atoms with Crippen LogP contribution < -0.4 is 10.5 Å². The molecule has 0 saturated carbocycles. The van der Waals surface area contributed by atoms with Crippen LogP contribution in [0.3, 0.4) is 0 Å². The maximum absolute atomic E-state index is 13.9. The number of aliphatic imine (C=N–C) groups is 1. The van der Waals surface area contributed by atoms with E-state index in [1.807, 2.05) is 30.9 Å². The number of ether oxygens (including phenoxy) is 1. The highest BCUT2D eigenvalue weighted by Crippen LogP contribution is 2.38. The van der Waals surface area contributed by atoms with Crippen LogP contribution in [0.25, 0.3) is 5.70 Å². The Morgan fingerprint density at radius 2 is 2.03 bits per heavy atom. The minimum Gasteiger partial charge on any atom is -0.489 e. The smallest absolute Gasteiger partial charge is 0.419 e. The van der Waals surface area contributed by atoms with E-state index in [9.17, 15) is 13.2 Å². The Labute approximate surface area is 207 Å². The molecule has 0 amide bonds. The molecule has 0 bridgehead atoms. The largest absolute Gasteiger partial charge is 0.489 e. The van der Waals surface area contributed by atoms with Crippen LogP contribution in [0, 0.1) is 11.3 Å². The number of nitrogens with two attached hydrogens (primary N) is 1. The van der Waals surface area contributed by atoms with Gasteiger partial charge in [0.15, 0.2) is 5.96 Å². The topological polar surface area (TPSA) is 74.7 Å². The van der Waals surface area contributed by atoms with Crippen molar-refractivity contribution in [1.29, 1.82) is 5.41 Å². The molecule has 2 atom stereocenters. The Morgan fingerprint density at radius 3 is 2.63 bits per heavy atom. The summed E-state index contributed by atoms with van der Waals surface area (Å²) in [6.45, 7) is 8.84. The summed E-state index contributed by atoms with van der Waals surface area (Å²) in [5, 5.41) is 7.94. The van der Waals surface area contributed by atoms with Crippen LogP contribution in [0.1, 0.15) is 77.3 Å². The van der Waals surface area contributed by atoms with Gasteiger partial charge in [-0.05, 0) is 56.2 Å². The average Bonchev–Trinajstić information content (AvgIpc) is 3.30. The second-order valence-electron chi connectivity index (χ2n) is 8.86. The van der Waals surface area contributed by atoms with Crippen LogP contribution in [0.2, 0.25) is 0 Å². The van der Waals surface area contributed by atoms with Gasteiger partial charge in [0.05, 0.1) is 17.3 Å². The van der Waals surface area contributed by atoms with Crippen LogP contribution in [0.15, 0.2) is 41.4 Å². The standard InChI is InChI=1S/C27H39F3N4O/c1-5-8-9-10-17-35-24-15-14-20(18-21(24)27(28,29)30)22(12-6-2)33-25(19(4)7-3)23-13-11-16-34(23)26(31)32/h9-10,12,14-15,18-19,23H,5-8,11,13,16-17H2,1-4H3,(H3,31,32)/b10-9+,22-12-,33-25?. The van der Waals surface area contributed by atoms with Gasteiger partial charge in [0.1, 0.15) is 12.4 Å². The van der Waals surface area contributed by atoms with Gasteiger partial charge in [-0.2, -0.15) is 13.2 Å². The number of hydrogen-bond donors (Lipinski definition) is 2. The van der Waals surface area contributed by atoms with E-state index in [1.165, 1.54) is 6.07 Å². The molecule has 3 N–H and O–H groups in total. The number of benzene rings is 1. The van der Waals surface area contributed by atoms with Gasteiger partial charge in [0.25, 0.3) is 0 Å². The predicted octanol–water partition coefficient (Wildman–Crippen LogP) is 7.04. The van der Waals surface area contributed by atoms with Crippen molar-refractivity contribution < 1.29 is 17.9 Å². The number of alkyl halides is 3. The lowest BCUT2D eigenvalue weighted by Crippen LogP contribution is -2.45. The Bertz CT molecular complexity index is 937. The quantitative estimate of drug-likeness (QED) is 0.198. The van der Waals surface area contributed by atoms with Crippen molar-refractivity contribution in [3.8, 4) is 5.75 Å². The third-order valence-corrected chi connectivity index (χ3v) is 6.21. The molecule has 5 nitrogen and oxygen atoms in total. The minimum absolute atomic E-state index is 0.00151.